The van der Waals surface area contributed by atoms with Crippen molar-refractivity contribution in [2.75, 3.05) is 18.7 Å². The van der Waals surface area contributed by atoms with Crippen LogP contribution in [0, 0.1) is 0 Å². The summed E-state index contributed by atoms with van der Waals surface area (Å²) in [6, 6.07) is 7.82. The number of aromatic nitrogens is 2. The summed E-state index contributed by atoms with van der Waals surface area (Å²) >= 11 is 1.56. The lowest BCUT2D eigenvalue weighted by Gasteiger charge is -2.11. The van der Waals surface area contributed by atoms with Crippen molar-refractivity contribution in [1.29, 1.82) is 0 Å². The van der Waals surface area contributed by atoms with Crippen molar-refractivity contribution in [3.63, 3.8) is 0 Å². The Bertz CT molecular complexity index is 615. The highest BCUT2D eigenvalue weighted by atomic mass is 32.2. The van der Waals surface area contributed by atoms with Crippen molar-refractivity contribution < 1.29 is 4.74 Å². The monoisotopic (exact) mass is 288 g/mol. The predicted octanol–water partition coefficient (Wildman–Crippen LogP) is 2.55. The topological polar surface area (TPSA) is 59.1 Å². The molecule has 0 aliphatic carbocycles. The molecule has 104 valence electrons. The zero-order valence-corrected chi connectivity index (χ0v) is 12.3. The molecular formula is C14H16N4OS. The summed E-state index contributed by atoms with van der Waals surface area (Å²) in [6.45, 7) is 1.62. The molecule has 5 nitrogen and oxygen atoms in total. The number of benzene rings is 1. The first kappa shape index (κ1) is 13.2. The van der Waals surface area contributed by atoms with E-state index in [0.29, 0.717) is 0 Å². The maximum absolute atomic E-state index is 5.16. The highest BCUT2D eigenvalue weighted by molar-refractivity contribution is 7.98. The van der Waals surface area contributed by atoms with E-state index in [0.717, 1.165) is 46.8 Å². The number of methoxy groups -OCH3 is 1. The Morgan fingerprint density at radius 3 is 2.70 bits per heavy atom. The Morgan fingerprint density at radius 2 is 2.00 bits per heavy atom. The van der Waals surface area contributed by atoms with Gasteiger partial charge in [-0.05, 0) is 30.5 Å². The molecule has 2 heterocycles. The first-order valence-electron chi connectivity index (χ1n) is 6.35. The van der Waals surface area contributed by atoms with Crippen LogP contribution in [0.4, 0.5) is 11.5 Å². The van der Waals surface area contributed by atoms with E-state index in [9.17, 15) is 0 Å². The lowest BCUT2D eigenvalue weighted by Crippen LogP contribution is -2.03. The van der Waals surface area contributed by atoms with Gasteiger partial charge in [0, 0.05) is 24.3 Å². The van der Waals surface area contributed by atoms with Crippen LogP contribution in [0.5, 0.6) is 5.75 Å². The van der Waals surface area contributed by atoms with Crippen LogP contribution in [0.3, 0.4) is 0 Å². The summed E-state index contributed by atoms with van der Waals surface area (Å²) in [5.74, 6) is 1.73. The van der Waals surface area contributed by atoms with E-state index in [4.69, 9.17) is 4.74 Å². The minimum absolute atomic E-state index is 0.795. The Morgan fingerprint density at radius 1 is 1.20 bits per heavy atom. The first-order chi connectivity index (χ1) is 9.80. The van der Waals surface area contributed by atoms with Gasteiger partial charge in [0.1, 0.15) is 11.6 Å². The molecule has 0 atom stereocenters. The molecule has 0 unspecified atom stereocenters. The van der Waals surface area contributed by atoms with Crippen molar-refractivity contribution in [2.24, 2.45) is 0 Å². The van der Waals surface area contributed by atoms with E-state index in [-0.39, 0.29) is 0 Å². The van der Waals surface area contributed by atoms with Gasteiger partial charge in [-0.15, -0.1) is 0 Å². The lowest BCUT2D eigenvalue weighted by atomic mass is 10.2. The largest absolute Gasteiger partial charge is 0.497 e. The van der Waals surface area contributed by atoms with Gasteiger partial charge in [-0.1, -0.05) is 11.8 Å². The number of nitrogens with zero attached hydrogens (tertiary/aromatic N) is 2. The van der Waals surface area contributed by atoms with E-state index in [1.807, 2.05) is 30.5 Å². The summed E-state index contributed by atoms with van der Waals surface area (Å²) in [6.07, 6.45) is 1.99. The van der Waals surface area contributed by atoms with Gasteiger partial charge in [0.2, 0.25) is 0 Å². The molecule has 20 heavy (non-hydrogen) atoms. The number of rotatable bonds is 4. The van der Waals surface area contributed by atoms with Crippen molar-refractivity contribution in [2.45, 2.75) is 18.2 Å². The molecule has 0 fully saturated rings. The second-order valence-corrected chi connectivity index (χ2v) is 5.21. The number of thioether (sulfide) groups is 1. The van der Waals surface area contributed by atoms with Crippen LogP contribution in [0.1, 0.15) is 11.3 Å². The highest BCUT2D eigenvalue weighted by Gasteiger charge is 2.18. The molecule has 1 aliphatic rings. The fourth-order valence-electron chi connectivity index (χ4n) is 2.15. The van der Waals surface area contributed by atoms with Gasteiger partial charge in [0.15, 0.2) is 5.16 Å². The van der Waals surface area contributed by atoms with Gasteiger partial charge in [0.25, 0.3) is 0 Å². The van der Waals surface area contributed by atoms with E-state index in [2.05, 4.69) is 20.6 Å². The van der Waals surface area contributed by atoms with Crippen molar-refractivity contribution in [3.05, 3.63) is 35.5 Å². The van der Waals surface area contributed by atoms with E-state index < -0.39 is 0 Å². The maximum Gasteiger partial charge on any atom is 0.189 e. The van der Waals surface area contributed by atoms with Crippen molar-refractivity contribution >= 4 is 23.3 Å². The summed E-state index contributed by atoms with van der Waals surface area (Å²) < 4.78 is 5.16. The van der Waals surface area contributed by atoms with Gasteiger partial charge in [-0.3, -0.25) is 0 Å². The van der Waals surface area contributed by atoms with Crippen LogP contribution < -0.4 is 15.4 Å². The lowest BCUT2D eigenvalue weighted by molar-refractivity contribution is 0.415. The van der Waals surface area contributed by atoms with Crippen LogP contribution in [-0.4, -0.2) is 23.3 Å². The number of ether oxygens (including phenoxy) is 1. The van der Waals surface area contributed by atoms with E-state index >= 15 is 0 Å². The summed E-state index contributed by atoms with van der Waals surface area (Å²) in [5, 5.41) is 7.48. The van der Waals surface area contributed by atoms with Crippen LogP contribution >= 0.6 is 11.8 Å². The molecule has 0 spiro atoms. The smallest absolute Gasteiger partial charge is 0.189 e. The molecule has 0 radical (unpaired) electrons. The number of anilines is 2. The zero-order valence-electron chi connectivity index (χ0n) is 11.4. The Balaban J connectivity index is 1.91. The predicted molar refractivity (Wildman–Crippen MR) is 80.6 cm³/mol. The molecule has 0 bridgehead atoms. The number of hydrogen-bond donors (Lipinski definition) is 2. The molecule has 0 amide bonds. The number of fused-ring (bicyclic) bond motifs is 1. The van der Waals surface area contributed by atoms with Gasteiger partial charge in [0.05, 0.1) is 12.8 Å². The van der Waals surface area contributed by atoms with Gasteiger partial charge in [-0.25, -0.2) is 9.97 Å². The molecular weight excluding hydrogens is 272 g/mol. The first-order valence-corrected chi connectivity index (χ1v) is 7.58. The van der Waals surface area contributed by atoms with Crippen LogP contribution in [0.15, 0.2) is 29.4 Å². The minimum Gasteiger partial charge on any atom is -0.497 e. The highest BCUT2D eigenvalue weighted by Crippen LogP contribution is 2.27. The number of hydrogen-bond acceptors (Lipinski definition) is 6. The molecule has 1 aromatic carbocycles. The molecule has 2 aromatic rings. The summed E-state index contributed by atoms with van der Waals surface area (Å²) in [4.78, 5) is 9.10. The standard InChI is InChI=1S/C14H16N4OS/c1-19-10-5-3-9(4-6-10)16-13-11-7-15-8-12(11)17-14(18-13)20-2/h3-6,15H,7-8H2,1-2H3,(H,16,17,18). The molecule has 3 rings (SSSR count). The summed E-state index contributed by atoms with van der Waals surface area (Å²) in [7, 11) is 1.66. The molecule has 6 heteroatoms. The van der Waals surface area contributed by atoms with Crippen LogP contribution in [-0.2, 0) is 13.1 Å². The number of nitrogens with one attached hydrogen (secondary N) is 2. The Hall–Kier alpha value is -1.79. The van der Waals surface area contributed by atoms with Crippen LogP contribution in [0.25, 0.3) is 0 Å². The maximum atomic E-state index is 5.16. The second-order valence-electron chi connectivity index (χ2n) is 4.44. The average Bonchev–Trinajstić information content (AvgIpc) is 2.96. The zero-order chi connectivity index (χ0) is 13.9. The fourth-order valence-corrected chi connectivity index (χ4v) is 2.54. The van der Waals surface area contributed by atoms with E-state index in [1.165, 1.54) is 0 Å². The fraction of sp³-hybridized carbons (Fsp3) is 0.286. The molecule has 0 saturated heterocycles. The second kappa shape index (κ2) is 5.68. The normalized spacial score (nSPS) is 13.1. The Kier molecular flexibility index (Phi) is 3.75. The third-order valence-electron chi connectivity index (χ3n) is 3.20. The molecule has 0 saturated carbocycles. The van der Waals surface area contributed by atoms with Crippen LogP contribution in [0.2, 0.25) is 0 Å². The van der Waals surface area contributed by atoms with Gasteiger partial charge < -0.3 is 15.4 Å². The van der Waals surface area contributed by atoms with E-state index in [1.54, 1.807) is 18.9 Å². The average molecular weight is 288 g/mol. The quantitative estimate of drug-likeness (QED) is 0.666. The van der Waals surface area contributed by atoms with Gasteiger partial charge in [-0.2, -0.15) is 0 Å². The van der Waals surface area contributed by atoms with Crippen molar-refractivity contribution in [3.8, 4) is 5.75 Å². The minimum atomic E-state index is 0.795. The molecule has 1 aromatic heterocycles. The SMILES string of the molecule is COc1ccc(Nc2nc(SC)nc3c2CNC3)cc1. The molecule has 2 N–H and O–H groups in total. The third-order valence-corrected chi connectivity index (χ3v) is 3.75. The third kappa shape index (κ3) is 2.57. The molecule has 1 aliphatic heterocycles. The van der Waals surface area contributed by atoms with Crippen molar-refractivity contribution in [1.82, 2.24) is 15.3 Å². The Labute approximate surface area is 122 Å². The van der Waals surface area contributed by atoms with Gasteiger partial charge >= 0.3 is 0 Å². The summed E-state index contributed by atoms with van der Waals surface area (Å²) in [5.41, 5.74) is 3.23.